The summed E-state index contributed by atoms with van der Waals surface area (Å²) in [5.41, 5.74) is 7.63. The second kappa shape index (κ2) is 13.5. The van der Waals surface area contributed by atoms with Gasteiger partial charge in [0.15, 0.2) is 12.1 Å². The lowest BCUT2D eigenvalue weighted by Gasteiger charge is -2.41. The standard InChI is InChI=1S/C21H29NO2.C14H20O2/c1-13(2)17-10-16(24-5)11-18(14(3)4)19(17)12-20-21(23)15-6-8-22(20)9-7-15;1-9(2)12-6-11(16-5)7-13(10(3)4)14(12)8-15/h10-15H,6-9H2,1-5H3;6-10H,1-5H3/b20-12+;. The third kappa shape index (κ3) is 6.79. The van der Waals surface area contributed by atoms with Crippen LogP contribution in [-0.2, 0) is 4.79 Å². The molecule has 0 aromatic heterocycles. The largest absolute Gasteiger partial charge is 0.497 e. The Labute approximate surface area is 241 Å². The molecule has 0 amide bonds. The molecule has 0 atom stereocenters. The number of piperidine rings is 3. The van der Waals surface area contributed by atoms with Crippen molar-refractivity contribution in [3.05, 3.63) is 63.3 Å². The first-order valence-electron chi connectivity index (χ1n) is 14.8. The first-order chi connectivity index (χ1) is 18.9. The SMILES string of the molecule is COc1cc(C(C)C)c(/C=C2\C(=O)C3CCN2CC3)c(C(C)C)c1.COc1cc(C(C)C)c(C=O)c(C(C)C)c1. The molecule has 2 bridgehead atoms. The first-order valence-corrected chi connectivity index (χ1v) is 14.8. The number of hydrogen-bond acceptors (Lipinski definition) is 5. The Hall–Kier alpha value is -3.08. The second-order valence-electron chi connectivity index (χ2n) is 12.3. The van der Waals surface area contributed by atoms with E-state index < -0.39 is 0 Å². The third-order valence-electron chi connectivity index (χ3n) is 8.25. The van der Waals surface area contributed by atoms with Crippen LogP contribution in [0.15, 0.2) is 30.0 Å². The van der Waals surface area contributed by atoms with Crippen molar-refractivity contribution in [3.8, 4) is 11.5 Å². The fourth-order valence-electron chi connectivity index (χ4n) is 5.84. The van der Waals surface area contributed by atoms with Crippen molar-refractivity contribution in [2.24, 2.45) is 5.92 Å². The highest BCUT2D eigenvalue weighted by atomic mass is 16.5. The Bertz CT molecular complexity index is 1170. The van der Waals surface area contributed by atoms with Gasteiger partial charge in [0.1, 0.15) is 11.5 Å². The normalized spacial score (nSPS) is 16.3. The van der Waals surface area contributed by atoms with Gasteiger partial charge in [0.2, 0.25) is 0 Å². The number of benzene rings is 2. The number of nitrogens with zero attached hydrogens (tertiary/aromatic N) is 1. The number of rotatable bonds is 8. The van der Waals surface area contributed by atoms with E-state index in [4.69, 9.17) is 9.47 Å². The molecule has 3 aliphatic rings. The maximum absolute atomic E-state index is 12.7. The zero-order chi connectivity index (χ0) is 29.7. The molecule has 2 aromatic rings. The highest BCUT2D eigenvalue weighted by Crippen LogP contribution is 2.38. The number of ketones is 1. The zero-order valence-corrected chi connectivity index (χ0v) is 26.3. The minimum Gasteiger partial charge on any atom is -0.497 e. The number of fused-ring (bicyclic) bond motifs is 3. The van der Waals surface area contributed by atoms with E-state index >= 15 is 0 Å². The van der Waals surface area contributed by atoms with Crippen molar-refractivity contribution in [2.45, 2.75) is 91.9 Å². The van der Waals surface area contributed by atoms with Gasteiger partial charge < -0.3 is 14.4 Å². The van der Waals surface area contributed by atoms with Gasteiger partial charge in [-0.1, -0.05) is 55.4 Å². The Morgan fingerprint density at radius 2 is 1.07 bits per heavy atom. The highest BCUT2D eigenvalue weighted by Gasteiger charge is 2.36. The average Bonchev–Trinajstić information content (AvgIpc) is 2.94. The van der Waals surface area contributed by atoms with Crippen molar-refractivity contribution in [1.29, 1.82) is 0 Å². The van der Waals surface area contributed by atoms with E-state index in [9.17, 15) is 9.59 Å². The van der Waals surface area contributed by atoms with Crippen LogP contribution in [0.3, 0.4) is 0 Å². The predicted molar refractivity (Wildman–Crippen MR) is 165 cm³/mol. The molecule has 0 spiro atoms. The van der Waals surface area contributed by atoms with Crippen LogP contribution in [0.2, 0.25) is 0 Å². The van der Waals surface area contributed by atoms with Crippen LogP contribution in [0.4, 0.5) is 0 Å². The molecular weight excluding hydrogens is 498 g/mol. The van der Waals surface area contributed by atoms with Crippen molar-refractivity contribution in [3.63, 3.8) is 0 Å². The molecule has 0 radical (unpaired) electrons. The van der Waals surface area contributed by atoms with E-state index in [1.165, 1.54) is 16.7 Å². The molecule has 40 heavy (non-hydrogen) atoms. The molecule has 3 heterocycles. The van der Waals surface area contributed by atoms with Crippen LogP contribution in [0.1, 0.15) is 130 Å². The highest BCUT2D eigenvalue weighted by molar-refractivity contribution is 6.02. The number of aldehydes is 1. The van der Waals surface area contributed by atoms with Gasteiger partial charge in [0, 0.05) is 24.6 Å². The van der Waals surface area contributed by atoms with E-state index in [0.717, 1.165) is 66.1 Å². The van der Waals surface area contributed by atoms with Gasteiger partial charge >= 0.3 is 0 Å². The summed E-state index contributed by atoms with van der Waals surface area (Å²) in [6, 6.07) is 8.17. The summed E-state index contributed by atoms with van der Waals surface area (Å²) in [5.74, 6) is 3.74. The quantitative estimate of drug-likeness (QED) is 0.246. The molecule has 3 aliphatic heterocycles. The Kier molecular flexibility index (Phi) is 10.6. The molecule has 3 fully saturated rings. The minimum atomic E-state index is 0.240. The summed E-state index contributed by atoms with van der Waals surface area (Å²) >= 11 is 0. The van der Waals surface area contributed by atoms with Crippen molar-refractivity contribution >= 4 is 18.1 Å². The first kappa shape index (κ1) is 31.4. The summed E-state index contributed by atoms with van der Waals surface area (Å²) in [7, 11) is 3.38. The number of carbonyl (C=O) groups is 2. The molecular formula is C35H49NO4. The van der Waals surface area contributed by atoms with Crippen LogP contribution >= 0.6 is 0 Å². The third-order valence-corrected chi connectivity index (χ3v) is 8.25. The van der Waals surface area contributed by atoms with Gasteiger partial charge in [-0.25, -0.2) is 0 Å². The molecule has 5 heteroatoms. The van der Waals surface area contributed by atoms with Crippen LogP contribution < -0.4 is 9.47 Å². The van der Waals surface area contributed by atoms with E-state index in [1.807, 2.05) is 12.1 Å². The summed E-state index contributed by atoms with van der Waals surface area (Å²) in [5, 5.41) is 0. The van der Waals surface area contributed by atoms with E-state index in [-0.39, 0.29) is 5.92 Å². The van der Waals surface area contributed by atoms with Gasteiger partial charge in [-0.15, -0.1) is 0 Å². The molecule has 3 saturated heterocycles. The van der Waals surface area contributed by atoms with Crippen LogP contribution in [0.5, 0.6) is 11.5 Å². The maximum atomic E-state index is 12.7. The van der Waals surface area contributed by atoms with Gasteiger partial charge in [-0.2, -0.15) is 0 Å². The van der Waals surface area contributed by atoms with Crippen molar-refractivity contribution < 1.29 is 19.1 Å². The van der Waals surface area contributed by atoms with Gasteiger partial charge in [-0.3, -0.25) is 9.59 Å². The minimum absolute atomic E-state index is 0.240. The van der Waals surface area contributed by atoms with E-state index in [0.29, 0.717) is 29.5 Å². The van der Waals surface area contributed by atoms with Crippen molar-refractivity contribution in [1.82, 2.24) is 4.90 Å². The molecule has 0 aliphatic carbocycles. The summed E-state index contributed by atoms with van der Waals surface area (Å²) in [6.07, 6.45) is 5.17. The summed E-state index contributed by atoms with van der Waals surface area (Å²) in [4.78, 5) is 26.2. The number of hydrogen-bond donors (Lipinski definition) is 0. The van der Waals surface area contributed by atoms with E-state index in [1.54, 1.807) is 14.2 Å². The smallest absolute Gasteiger partial charge is 0.182 e. The number of carbonyl (C=O) groups excluding carboxylic acids is 2. The summed E-state index contributed by atoms with van der Waals surface area (Å²) in [6.45, 7) is 19.2. The fraction of sp³-hybridized carbons (Fsp3) is 0.543. The van der Waals surface area contributed by atoms with Crippen LogP contribution in [-0.4, -0.2) is 44.3 Å². The lowest BCUT2D eigenvalue weighted by Crippen LogP contribution is -2.45. The van der Waals surface area contributed by atoms with Gasteiger partial charge in [-0.05, 0) is 94.7 Å². The monoisotopic (exact) mass is 547 g/mol. The average molecular weight is 548 g/mol. The van der Waals surface area contributed by atoms with Gasteiger partial charge in [0.25, 0.3) is 0 Å². The zero-order valence-electron chi connectivity index (χ0n) is 26.3. The summed E-state index contributed by atoms with van der Waals surface area (Å²) < 4.78 is 10.8. The Morgan fingerprint density at radius 3 is 1.38 bits per heavy atom. The molecule has 0 unspecified atom stereocenters. The molecule has 0 saturated carbocycles. The lowest BCUT2D eigenvalue weighted by atomic mass is 9.82. The molecule has 2 aromatic carbocycles. The molecule has 5 rings (SSSR count). The number of allylic oxidation sites excluding steroid dienone is 1. The van der Waals surface area contributed by atoms with Gasteiger partial charge in [0.05, 0.1) is 19.9 Å². The van der Waals surface area contributed by atoms with Crippen LogP contribution in [0.25, 0.3) is 6.08 Å². The molecule has 218 valence electrons. The van der Waals surface area contributed by atoms with E-state index in [2.05, 4.69) is 78.5 Å². The maximum Gasteiger partial charge on any atom is 0.182 e. The van der Waals surface area contributed by atoms with Crippen LogP contribution in [0, 0.1) is 5.92 Å². The Morgan fingerprint density at radius 1 is 0.700 bits per heavy atom. The predicted octanol–water partition coefficient (Wildman–Crippen LogP) is 8.33. The Balaban J connectivity index is 0.000000241. The second-order valence-corrected chi connectivity index (χ2v) is 12.3. The topological polar surface area (TPSA) is 55.8 Å². The number of Topliss-reactive ketones (excluding diaryl/α,β-unsaturated/α-hetero) is 1. The molecule has 5 nitrogen and oxygen atoms in total. The fourth-order valence-corrected chi connectivity index (χ4v) is 5.84. The van der Waals surface area contributed by atoms with Crippen molar-refractivity contribution in [2.75, 3.05) is 27.3 Å². The molecule has 0 N–H and O–H groups in total. The number of ether oxygens (including phenoxy) is 2. The lowest BCUT2D eigenvalue weighted by molar-refractivity contribution is -0.125. The number of methoxy groups -OCH3 is 2.